The smallest absolute Gasteiger partial charge is 0.197 e. The van der Waals surface area contributed by atoms with Gasteiger partial charge in [-0.2, -0.15) is 0 Å². The van der Waals surface area contributed by atoms with Gasteiger partial charge in [0.05, 0.1) is 5.56 Å². The molecule has 0 saturated heterocycles. The minimum atomic E-state index is -0.275. The molecule has 2 aromatic rings. The van der Waals surface area contributed by atoms with Gasteiger partial charge in [0.1, 0.15) is 0 Å². The summed E-state index contributed by atoms with van der Waals surface area (Å²) in [6.45, 7) is 5.47. The van der Waals surface area contributed by atoms with Crippen LogP contribution in [0.25, 0.3) is 5.57 Å². The minimum Gasteiger partial charge on any atom is -0.398 e. The van der Waals surface area contributed by atoms with Gasteiger partial charge in [-0.25, -0.2) is 0 Å². The Kier molecular flexibility index (Phi) is 2.69. The Balaban J connectivity index is 2.42. The number of carbonyl (C=O) groups is 2. The number of anilines is 2. The molecule has 21 heavy (non-hydrogen) atoms. The van der Waals surface area contributed by atoms with Gasteiger partial charge in [0.2, 0.25) is 0 Å². The summed E-state index contributed by atoms with van der Waals surface area (Å²) in [6, 6.07) is 8.40. The molecule has 4 heteroatoms. The molecular formula is C17H14N2O2. The molecule has 4 N–H and O–H groups in total. The summed E-state index contributed by atoms with van der Waals surface area (Å²) in [5.74, 6) is -0.443. The molecule has 3 rings (SSSR count). The van der Waals surface area contributed by atoms with Gasteiger partial charge in [-0.05, 0) is 30.2 Å². The quantitative estimate of drug-likeness (QED) is 0.529. The first-order valence-corrected chi connectivity index (χ1v) is 6.49. The van der Waals surface area contributed by atoms with E-state index in [1.54, 1.807) is 30.3 Å². The second kappa shape index (κ2) is 4.31. The lowest BCUT2D eigenvalue weighted by Crippen LogP contribution is -2.20. The fourth-order valence-electron chi connectivity index (χ4n) is 2.81. The second-order valence-corrected chi connectivity index (χ2v) is 5.09. The van der Waals surface area contributed by atoms with Crippen LogP contribution in [0.2, 0.25) is 0 Å². The summed E-state index contributed by atoms with van der Waals surface area (Å²) in [6.07, 6.45) is 0. The first kappa shape index (κ1) is 13.1. The van der Waals surface area contributed by atoms with Gasteiger partial charge < -0.3 is 11.5 Å². The summed E-state index contributed by atoms with van der Waals surface area (Å²) >= 11 is 0. The molecule has 0 amide bonds. The van der Waals surface area contributed by atoms with E-state index >= 15 is 0 Å². The number of ketones is 2. The van der Waals surface area contributed by atoms with Crippen molar-refractivity contribution in [3.05, 3.63) is 64.7 Å². The predicted octanol–water partition coefficient (Wildman–Crippen LogP) is 2.66. The Labute approximate surface area is 122 Å². The number of Topliss-reactive ketones (excluding diaryl/α,β-unsaturated/α-hetero) is 1. The van der Waals surface area contributed by atoms with E-state index in [9.17, 15) is 9.59 Å². The van der Waals surface area contributed by atoms with Gasteiger partial charge in [0, 0.05) is 28.1 Å². The van der Waals surface area contributed by atoms with Crippen molar-refractivity contribution < 1.29 is 9.59 Å². The fourth-order valence-corrected chi connectivity index (χ4v) is 2.81. The Bertz CT molecular complexity index is 835. The van der Waals surface area contributed by atoms with Crippen molar-refractivity contribution in [3.8, 4) is 0 Å². The molecular weight excluding hydrogens is 264 g/mol. The molecule has 0 radical (unpaired) electrons. The SMILES string of the molecule is C=C1c2cccc(C(C)=O)c2C(=O)c2c(N)ccc(N)c21. The molecule has 0 saturated carbocycles. The van der Waals surface area contributed by atoms with Gasteiger partial charge in [-0.3, -0.25) is 9.59 Å². The standard InChI is InChI=1S/C17H14N2O2/c1-8-10-4-3-5-11(9(2)20)15(10)17(21)16-13(19)7-6-12(18)14(8)16/h3-7H,1,18-19H2,2H3. The zero-order valence-electron chi connectivity index (χ0n) is 11.6. The Morgan fingerprint density at radius 3 is 2.24 bits per heavy atom. The third-order valence-electron chi connectivity index (χ3n) is 3.79. The van der Waals surface area contributed by atoms with E-state index in [-0.39, 0.29) is 11.6 Å². The second-order valence-electron chi connectivity index (χ2n) is 5.09. The summed E-state index contributed by atoms with van der Waals surface area (Å²) in [4.78, 5) is 24.6. The van der Waals surface area contributed by atoms with E-state index in [0.29, 0.717) is 44.8 Å². The Hall–Kier alpha value is -2.88. The van der Waals surface area contributed by atoms with E-state index in [2.05, 4.69) is 6.58 Å². The van der Waals surface area contributed by atoms with Crippen LogP contribution in [0.1, 0.15) is 44.3 Å². The van der Waals surface area contributed by atoms with Gasteiger partial charge in [-0.1, -0.05) is 24.8 Å². The monoisotopic (exact) mass is 278 g/mol. The van der Waals surface area contributed by atoms with Crippen LogP contribution in [0.15, 0.2) is 36.9 Å². The number of nitrogen functional groups attached to an aromatic ring is 2. The van der Waals surface area contributed by atoms with Crippen molar-refractivity contribution in [1.29, 1.82) is 0 Å². The molecule has 0 fully saturated rings. The average molecular weight is 278 g/mol. The molecule has 0 atom stereocenters. The van der Waals surface area contributed by atoms with Crippen molar-refractivity contribution in [3.63, 3.8) is 0 Å². The molecule has 0 bridgehead atoms. The highest BCUT2D eigenvalue weighted by Gasteiger charge is 2.32. The van der Waals surface area contributed by atoms with Crippen LogP contribution in [-0.2, 0) is 0 Å². The lowest BCUT2D eigenvalue weighted by Gasteiger charge is -2.24. The maximum atomic E-state index is 12.8. The average Bonchev–Trinajstić information content (AvgIpc) is 2.46. The Morgan fingerprint density at radius 1 is 1.00 bits per heavy atom. The van der Waals surface area contributed by atoms with E-state index < -0.39 is 0 Å². The van der Waals surface area contributed by atoms with E-state index in [0.717, 1.165) is 0 Å². The molecule has 4 nitrogen and oxygen atoms in total. The fraction of sp³-hybridized carbons (Fsp3) is 0.0588. The summed E-state index contributed by atoms with van der Waals surface area (Å²) in [5, 5.41) is 0. The van der Waals surface area contributed by atoms with Crippen molar-refractivity contribution >= 4 is 28.5 Å². The number of benzene rings is 2. The molecule has 1 aliphatic rings. The zero-order chi connectivity index (χ0) is 15.3. The summed E-state index contributed by atoms with van der Waals surface area (Å²) in [5.41, 5.74) is 15.6. The molecule has 0 aliphatic heterocycles. The van der Waals surface area contributed by atoms with Crippen molar-refractivity contribution in [1.82, 2.24) is 0 Å². The van der Waals surface area contributed by atoms with Crippen LogP contribution in [0.4, 0.5) is 11.4 Å². The van der Waals surface area contributed by atoms with Crippen LogP contribution in [0.3, 0.4) is 0 Å². The third kappa shape index (κ3) is 1.69. The predicted molar refractivity (Wildman–Crippen MR) is 83.3 cm³/mol. The maximum absolute atomic E-state index is 12.8. The number of nitrogens with two attached hydrogens (primary N) is 2. The zero-order valence-corrected chi connectivity index (χ0v) is 11.6. The van der Waals surface area contributed by atoms with Crippen molar-refractivity contribution in [2.24, 2.45) is 0 Å². The molecule has 2 aromatic carbocycles. The summed E-state index contributed by atoms with van der Waals surface area (Å²) < 4.78 is 0. The number of carbonyl (C=O) groups excluding carboxylic acids is 2. The van der Waals surface area contributed by atoms with Crippen LogP contribution < -0.4 is 11.5 Å². The normalized spacial score (nSPS) is 12.8. The highest BCUT2D eigenvalue weighted by atomic mass is 16.1. The van der Waals surface area contributed by atoms with E-state index in [4.69, 9.17) is 11.5 Å². The van der Waals surface area contributed by atoms with Gasteiger partial charge >= 0.3 is 0 Å². The maximum Gasteiger partial charge on any atom is 0.197 e. The van der Waals surface area contributed by atoms with Crippen LogP contribution in [0, 0.1) is 0 Å². The van der Waals surface area contributed by atoms with Crippen LogP contribution >= 0.6 is 0 Å². The number of rotatable bonds is 1. The largest absolute Gasteiger partial charge is 0.398 e. The van der Waals surface area contributed by atoms with Crippen LogP contribution in [0.5, 0.6) is 0 Å². The van der Waals surface area contributed by atoms with Crippen molar-refractivity contribution in [2.75, 3.05) is 11.5 Å². The summed E-state index contributed by atoms with van der Waals surface area (Å²) in [7, 11) is 0. The van der Waals surface area contributed by atoms with Gasteiger partial charge in [-0.15, -0.1) is 0 Å². The van der Waals surface area contributed by atoms with Crippen molar-refractivity contribution in [2.45, 2.75) is 6.92 Å². The molecule has 0 spiro atoms. The lowest BCUT2D eigenvalue weighted by molar-refractivity contribution is 0.0989. The van der Waals surface area contributed by atoms with Gasteiger partial charge in [0.15, 0.2) is 11.6 Å². The first-order valence-electron chi connectivity index (χ1n) is 6.49. The highest BCUT2D eigenvalue weighted by molar-refractivity contribution is 6.25. The molecule has 0 aromatic heterocycles. The number of fused-ring (bicyclic) bond motifs is 2. The van der Waals surface area contributed by atoms with Crippen LogP contribution in [-0.4, -0.2) is 11.6 Å². The molecule has 0 unspecified atom stereocenters. The number of hydrogen-bond donors (Lipinski definition) is 2. The minimum absolute atomic E-state index is 0.168. The first-order chi connectivity index (χ1) is 9.93. The molecule has 1 aliphatic carbocycles. The Morgan fingerprint density at radius 2 is 1.62 bits per heavy atom. The highest BCUT2D eigenvalue weighted by Crippen LogP contribution is 2.41. The number of hydrogen-bond acceptors (Lipinski definition) is 4. The topological polar surface area (TPSA) is 86.2 Å². The molecule has 0 heterocycles. The lowest BCUT2D eigenvalue weighted by atomic mass is 9.78. The van der Waals surface area contributed by atoms with Gasteiger partial charge in [0.25, 0.3) is 0 Å². The molecule has 104 valence electrons. The third-order valence-corrected chi connectivity index (χ3v) is 3.79. The van der Waals surface area contributed by atoms with E-state index in [1.165, 1.54) is 6.92 Å². The van der Waals surface area contributed by atoms with E-state index in [1.807, 2.05) is 0 Å².